The zero-order valence-electron chi connectivity index (χ0n) is 10.4. The Kier molecular flexibility index (Phi) is 2.98. The minimum absolute atomic E-state index is 0.523. The van der Waals surface area contributed by atoms with Crippen LogP contribution in [0, 0.1) is 0 Å². The van der Waals surface area contributed by atoms with Crippen molar-refractivity contribution in [3.05, 3.63) is 46.5 Å². The zero-order chi connectivity index (χ0) is 13.3. The molecule has 0 aliphatic heterocycles. The summed E-state index contributed by atoms with van der Waals surface area (Å²) in [5.41, 5.74) is 7.30. The van der Waals surface area contributed by atoms with Crippen LogP contribution in [-0.4, -0.2) is 11.4 Å². The second-order valence-corrected chi connectivity index (χ2v) is 5.83. The molecule has 0 spiro atoms. The highest BCUT2D eigenvalue weighted by Crippen LogP contribution is 2.42. The van der Waals surface area contributed by atoms with Crippen LogP contribution in [-0.2, 0) is 16.8 Å². The lowest BCUT2D eigenvalue weighted by molar-refractivity contribution is -0.111. The van der Waals surface area contributed by atoms with E-state index in [4.69, 9.17) is 5.73 Å². The number of fused-ring (bicyclic) bond motifs is 1. The number of aromatic nitrogens is 1. The number of anilines is 1. The van der Waals surface area contributed by atoms with Crippen molar-refractivity contribution in [3.63, 3.8) is 0 Å². The molecular weight excluding hydrogens is 258 g/mol. The predicted molar refractivity (Wildman–Crippen MR) is 75.9 cm³/mol. The van der Waals surface area contributed by atoms with Crippen LogP contribution in [0.2, 0.25) is 0 Å². The molecule has 0 saturated carbocycles. The number of nitrogens with one attached hydrogen (secondary N) is 1. The fourth-order valence-corrected chi connectivity index (χ4v) is 3.79. The van der Waals surface area contributed by atoms with Gasteiger partial charge in [0.05, 0.1) is 5.69 Å². The van der Waals surface area contributed by atoms with E-state index in [9.17, 15) is 4.79 Å². The molecular formula is C14H15N3OS. The highest BCUT2D eigenvalue weighted by molar-refractivity contribution is 7.15. The molecule has 4 nitrogen and oxygen atoms in total. The van der Waals surface area contributed by atoms with Crippen LogP contribution in [0.4, 0.5) is 5.13 Å². The summed E-state index contributed by atoms with van der Waals surface area (Å²) in [6.45, 7) is 0. The highest BCUT2D eigenvalue weighted by Gasteiger charge is 2.40. The van der Waals surface area contributed by atoms with Crippen LogP contribution in [0.3, 0.4) is 0 Å². The number of hydrogen-bond acceptors (Lipinski definition) is 4. The number of carbonyl (C=O) groups excluding carboxylic acids is 1. The van der Waals surface area contributed by atoms with E-state index in [1.807, 2.05) is 30.3 Å². The van der Waals surface area contributed by atoms with Crippen molar-refractivity contribution in [2.75, 3.05) is 5.73 Å². The van der Waals surface area contributed by atoms with E-state index < -0.39 is 5.54 Å². The lowest BCUT2D eigenvalue weighted by Crippen LogP contribution is -2.45. The van der Waals surface area contributed by atoms with Crippen LogP contribution >= 0.6 is 11.3 Å². The smallest absolute Gasteiger partial charge is 0.208 e. The monoisotopic (exact) mass is 273 g/mol. The van der Waals surface area contributed by atoms with Crippen LogP contribution in [0.25, 0.3) is 0 Å². The molecule has 0 radical (unpaired) electrons. The summed E-state index contributed by atoms with van der Waals surface area (Å²) < 4.78 is 0. The van der Waals surface area contributed by atoms with Gasteiger partial charge in [-0.15, -0.1) is 11.3 Å². The predicted octanol–water partition coefficient (Wildman–Crippen LogP) is 2.05. The first-order chi connectivity index (χ1) is 9.26. The van der Waals surface area contributed by atoms with E-state index in [1.54, 1.807) is 0 Å². The summed E-state index contributed by atoms with van der Waals surface area (Å²) in [6.07, 6.45) is 3.62. The molecule has 98 valence electrons. The standard InChI is InChI=1S/C14H15N3OS/c15-13-17-12-11(19-13)7-4-8-14(12,16-9-18)10-5-2-1-3-6-10/h1-3,5-6,9H,4,7-8H2,(H2,15,17)(H,16,18). The molecule has 1 atom stereocenters. The van der Waals surface area contributed by atoms with Crippen molar-refractivity contribution in [3.8, 4) is 0 Å². The Bertz CT molecular complexity index is 596. The van der Waals surface area contributed by atoms with Gasteiger partial charge in [0.1, 0.15) is 5.54 Å². The topological polar surface area (TPSA) is 68.0 Å². The number of rotatable bonds is 3. The number of nitrogens with zero attached hydrogens (tertiary/aromatic N) is 1. The lowest BCUT2D eigenvalue weighted by Gasteiger charge is -2.36. The Morgan fingerprint density at radius 1 is 1.37 bits per heavy atom. The molecule has 2 aromatic rings. The minimum Gasteiger partial charge on any atom is -0.375 e. The van der Waals surface area contributed by atoms with Crippen molar-refractivity contribution >= 4 is 22.9 Å². The molecule has 19 heavy (non-hydrogen) atoms. The molecule has 1 aliphatic carbocycles. The summed E-state index contributed by atoms with van der Waals surface area (Å²) in [4.78, 5) is 16.8. The van der Waals surface area contributed by atoms with E-state index >= 15 is 0 Å². The minimum atomic E-state index is -0.523. The Morgan fingerprint density at radius 3 is 2.89 bits per heavy atom. The molecule has 3 N–H and O–H groups in total. The van der Waals surface area contributed by atoms with E-state index in [1.165, 1.54) is 16.2 Å². The van der Waals surface area contributed by atoms with Crippen molar-refractivity contribution in [2.24, 2.45) is 0 Å². The fourth-order valence-electron chi connectivity index (χ4n) is 2.83. The fraction of sp³-hybridized carbons (Fsp3) is 0.286. The van der Waals surface area contributed by atoms with Crippen molar-refractivity contribution < 1.29 is 4.79 Å². The average molecular weight is 273 g/mol. The van der Waals surface area contributed by atoms with Gasteiger partial charge < -0.3 is 11.1 Å². The normalized spacial score (nSPS) is 21.7. The number of amides is 1. The maximum atomic E-state index is 11.1. The van der Waals surface area contributed by atoms with Crippen LogP contribution in [0.5, 0.6) is 0 Å². The molecule has 1 heterocycles. The summed E-state index contributed by atoms with van der Waals surface area (Å²) in [5.74, 6) is 0. The third kappa shape index (κ3) is 1.90. The van der Waals surface area contributed by atoms with Gasteiger partial charge in [0.2, 0.25) is 6.41 Å². The lowest BCUT2D eigenvalue weighted by atomic mass is 9.78. The molecule has 1 aromatic carbocycles. The molecule has 0 bridgehead atoms. The highest BCUT2D eigenvalue weighted by atomic mass is 32.1. The number of benzene rings is 1. The Hall–Kier alpha value is -1.88. The van der Waals surface area contributed by atoms with Crippen molar-refractivity contribution in [1.29, 1.82) is 0 Å². The average Bonchev–Trinajstić information content (AvgIpc) is 2.82. The molecule has 0 saturated heterocycles. The third-order valence-corrected chi connectivity index (χ3v) is 4.59. The largest absolute Gasteiger partial charge is 0.375 e. The van der Waals surface area contributed by atoms with Crippen LogP contribution in [0.1, 0.15) is 29.0 Å². The van der Waals surface area contributed by atoms with Gasteiger partial charge in [0, 0.05) is 4.88 Å². The van der Waals surface area contributed by atoms with Crippen LogP contribution < -0.4 is 11.1 Å². The Labute approximate surface area is 115 Å². The second-order valence-electron chi connectivity index (χ2n) is 4.71. The van der Waals surface area contributed by atoms with Crippen molar-refractivity contribution in [2.45, 2.75) is 24.8 Å². The van der Waals surface area contributed by atoms with E-state index in [2.05, 4.69) is 10.3 Å². The molecule has 1 aliphatic rings. The Morgan fingerprint density at radius 2 is 2.16 bits per heavy atom. The number of carbonyl (C=O) groups is 1. The van der Waals surface area contributed by atoms with E-state index in [0.717, 1.165) is 36.9 Å². The molecule has 1 aromatic heterocycles. The van der Waals surface area contributed by atoms with Crippen molar-refractivity contribution in [1.82, 2.24) is 10.3 Å². The maximum Gasteiger partial charge on any atom is 0.208 e. The molecule has 3 rings (SSSR count). The SMILES string of the molecule is Nc1nc2c(s1)CCCC2(NC=O)c1ccccc1. The first-order valence-corrected chi connectivity index (χ1v) is 7.10. The second kappa shape index (κ2) is 4.66. The number of hydrogen-bond donors (Lipinski definition) is 2. The molecule has 5 heteroatoms. The summed E-state index contributed by atoms with van der Waals surface area (Å²) in [7, 11) is 0. The van der Waals surface area contributed by atoms with Gasteiger partial charge in [-0.05, 0) is 24.8 Å². The van der Waals surface area contributed by atoms with E-state index in [-0.39, 0.29) is 0 Å². The van der Waals surface area contributed by atoms with E-state index in [0.29, 0.717) is 5.13 Å². The first kappa shape index (κ1) is 12.2. The Balaban J connectivity index is 2.19. The third-order valence-electron chi connectivity index (χ3n) is 3.65. The number of nitrogen functional groups attached to an aromatic ring is 1. The first-order valence-electron chi connectivity index (χ1n) is 6.29. The van der Waals surface area contributed by atoms with Gasteiger partial charge in [-0.2, -0.15) is 0 Å². The van der Waals surface area contributed by atoms with Gasteiger partial charge in [-0.25, -0.2) is 4.98 Å². The van der Waals surface area contributed by atoms with Crippen LogP contribution in [0.15, 0.2) is 30.3 Å². The number of aryl methyl sites for hydroxylation is 1. The maximum absolute atomic E-state index is 11.1. The van der Waals surface area contributed by atoms with Gasteiger partial charge in [0.15, 0.2) is 5.13 Å². The number of thiazole rings is 1. The zero-order valence-corrected chi connectivity index (χ0v) is 11.2. The summed E-state index contributed by atoms with van der Waals surface area (Å²) in [5, 5.41) is 3.56. The quantitative estimate of drug-likeness (QED) is 0.841. The molecule has 0 fully saturated rings. The van der Waals surface area contributed by atoms with Gasteiger partial charge >= 0.3 is 0 Å². The van der Waals surface area contributed by atoms with Gasteiger partial charge in [0.25, 0.3) is 0 Å². The number of nitrogens with two attached hydrogens (primary N) is 1. The molecule has 1 unspecified atom stereocenters. The molecule has 1 amide bonds. The van der Waals surface area contributed by atoms with Gasteiger partial charge in [-0.3, -0.25) is 4.79 Å². The summed E-state index contributed by atoms with van der Waals surface area (Å²) >= 11 is 1.52. The summed E-state index contributed by atoms with van der Waals surface area (Å²) in [6, 6.07) is 9.99. The van der Waals surface area contributed by atoms with Gasteiger partial charge in [-0.1, -0.05) is 30.3 Å².